The fourth-order valence-electron chi connectivity index (χ4n) is 2.88. The first-order chi connectivity index (χ1) is 14.1. The highest BCUT2D eigenvalue weighted by molar-refractivity contribution is 6.06. The number of benzene rings is 3. The normalized spacial score (nSPS) is 10.5. The van der Waals surface area contributed by atoms with Crippen molar-refractivity contribution in [2.45, 2.75) is 0 Å². The van der Waals surface area contributed by atoms with Crippen LogP contribution in [0.25, 0.3) is 10.8 Å². The summed E-state index contributed by atoms with van der Waals surface area (Å²) in [6, 6.07) is 23.3. The molecular weight excluding hydrogens is 366 g/mol. The van der Waals surface area contributed by atoms with Gasteiger partial charge in [-0.2, -0.15) is 0 Å². The van der Waals surface area contributed by atoms with Crippen LogP contribution in [0.3, 0.4) is 0 Å². The molecule has 0 fully saturated rings. The summed E-state index contributed by atoms with van der Waals surface area (Å²) in [7, 11) is 0. The predicted octanol–water partition coefficient (Wildman–Crippen LogP) is 4.38. The third-order valence-electron chi connectivity index (χ3n) is 4.35. The second-order valence-corrected chi connectivity index (χ2v) is 6.40. The molecule has 0 unspecified atom stereocenters. The van der Waals surface area contributed by atoms with Crippen LogP contribution >= 0.6 is 0 Å². The molecule has 0 atom stereocenters. The highest BCUT2D eigenvalue weighted by atomic mass is 16.5. The molecule has 0 aliphatic rings. The Morgan fingerprint density at radius 1 is 0.828 bits per heavy atom. The monoisotopic (exact) mass is 383 g/mol. The molecule has 0 spiro atoms. The second-order valence-electron chi connectivity index (χ2n) is 6.40. The molecule has 0 aliphatic carbocycles. The van der Waals surface area contributed by atoms with Crippen molar-refractivity contribution in [1.82, 2.24) is 4.98 Å². The van der Waals surface area contributed by atoms with Crippen molar-refractivity contribution in [3.63, 3.8) is 0 Å². The van der Waals surface area contributed by atoms with Crippen LogP contribution in [0.5, 0.6) is 11.6 Å². The number of carbonyl (C=O) groups is 2. The molecule has 4 rings (SSSR count). The van der Waals surface area contributed by atoms with E-state index in [1.807, 2.05) is 36.4 Å². The van der Waals surface area contributed by atoms with Gasteiger partial charge in [0.05, 0.1) is 11.9 Å². The van der Waals surface area contributed by atoms with E-state index in [1.165, 1.54) is 6.20 Å². The average Bonchev–Trinajstić information content (AvgIpc) is 2.75. The molecule has 3 aromatic carbocycles. The van der Waals surface area contributed by atoms with Crippen molar-refractivity contribution in [1.29, 1.82) is 0 Å². The highest BCUT2D eigenvalue weighted by Crippen LogP contribution is 2.22. The van der Waals surface area contributed by atoms with Crippen molar-refractivity contribution in [3.8, 4) is 11.6 Å². The van der Waals surface area contributed by atoms with Gasteiger partial charge in [-0.15, -0.1) is 0 Å². The van der Waals surface area contributed by atoms with Crippen molar-refractivity contribution >= 4 is 28.3 Å². The third kappa shape index (κ3) is 4.22. The van der Waals surface area contributed by atoms with E-state index in [9.17, 15) is 9.59 Å². The molecule has 29 heavy (non-hydrogen) atoms. The summed E-state index contributed by atoms with van der Waals surface area (Å²) in [5.41, 5.74) is 6.72. The summed E-state index contributed by atoms with van der Waals surface area (Å²) >= 11 is 0. The van der Waals surface area contributed by atoms with Crippen molar-refractivity contribution in [2.75, 3.05) is 5.32 Å². The fourth-order valence-corrected chi connectivity index (χ4v) is 2.88. The lowest BCUT2D eigenvalue weighted by Gasteiger charge is -2.08. The van der Waals surface area contributed by atoms with Gasteiger partial charge in [0.25, 0.3) is 5.91 Å². The maximum absolute atomic E-state index is 12.5. The first kappa shape index (κ1) is 18.2. The summed E-state index contributed by atoms with van der Waals surface area (Å²) in [6.07, 6.45) is 1.51. The smallest absolute Gasteiger partial charge is 0.255 e. The standard InChI is InChI=1S/C23H17N3O3/c24-22(27)17-6-3-7-20(13-17)29-21-11-10-19(14-25-21)26-23(28)18-9-8-15-4-1-2-5-16(15)12-18/h1-14H,(H2,24,27)(H,26,28). The molecule has 142 valence electrons. The molecule has 1 aromatic heterocycles. The summed E-state index contributed by atoms with van der Waals surface area (Å²) in [5, 5.41) is 4.90. The number of nitrogens with zero attached hydrogens (tertiary/aromatic N) is 1. The summed E-state index contributed by atoms with van der Waals surface area (Å²) in [6.45, 7) is 0. The molecule has 0 saturated carbocycles. The minimum atomic E-state index is -0.532. The number of fused-ring (bicyclic) bond motifs is 1. The van der Waals surface area contributed by atoms with Gasteiger partial charge in [0, 0.05) is 17.2 Å². The number of primary amides is 1. The lowest BCUT2D eigenvalue weighted by molar-refractivity contribution is 0.0997. The number of rotatable bonds is 5. The first-order valence-corrected chi connectivity index (χ1v) is 8.92. The third-order valence-corrected chi connectivity index (χ3v) is 4.35. The number of hydrogen-bond acceptors (Lipinski definition) is 4. The molecule has 6 nitrogen and oxygen atoms in total. The molecule has 6 heteroatoms. The Hall–Kier alpha value is -4.19. The molecule has 0 bridgehead atoms. The number of ether oxygens (including phenoxy) is 1. The van der Waals surface area contributed by atoms with E-state index in [1.54, 1.807) is 42.5 Å². The number of pyridine rings is 1. The van der Waals surface area contributed by atoms with Gasteiger partial charge >= 0.3 is 0 Å². The van der Waals surface area contributed by atoms with Crippen LogP contribution in [0.1, 0.15) is 20.7 Å². The highest BCUT2D eigenvalue weighted by Gasteiger charge is 2.08. The number of nitrogens with two attached hydrogens (primary N) is 1. The van der Waals surface area contributed by atoms with Crippen molar-refractivity contribution < 1.29 is 14.3 Å². The molecule has 3 N–H and O–H groups in total. The molecular formula is C23H17N3O3. The van der Waals surface area contributed by atoms with Gasteiger partial charge in [0.15, 0.2) is 0 Å². The average molecular weight is 383 g/mol. The number of anilines is 1. The molecule has 0 aliphatic heterocycles. The van der Waals surface area contributed by atoms with E-state index in [4.69, 9.17) is 10.5 Å². The molecule has 2 amide bonds. The minimum Gasteiger partial charge on any atom is -0.439 e. The summed E-state index contributed by atoms with van der Waals surface area (Å²) < 4.78 is 5.63. The maximum Gasteiger partial charge on any atom is 0.255 e. The van der Waals surface area contributed by atoms with E-state index in [0.717, 1.165) is 10.8 Å². The molecule has 4 aromatic rings. The summed E-state index contributed by atoms with van der Waals surface area (Å²) in [4.78, 5) is 28.0. The lowest BCUT2D eigenvalue weighted by atomic mass is 10.1. The second kappa shape index (κ2) is 7.82. The number of hydrogen-bond donors (Lipinski definition) is 2. The van der Waals surface area contributed by atoms with E-state index >= 15 is 0 Å². The van der Waals surface area contributed by atoms with Gasteiger partial charge in [-0.1, -0.05) is 36.4 Å². The van der Waals surface area contributed by atoms with Crippen LogP contribution in [0, 0.1) is 0 Å². The van der Waals surface area contributed by atoms with Gasteiger partial charge in [-0.05, 0) is 47.2 Å². The van der Waals surface area contributed by atoms with Gasteiger partial charge in [-0.25, -0.2) is 4.98 Å². The van der Waals surface area contributed by atoms with Crippen LogP contribution in [0.15, 0.2) is 85.1 Å². The SMILES string of the molecule is NC(=O)c1cccc(Oc2ccc(NC(=O)c3ccc4ccccc4c3)cn2)c1. The Labute approximate surface area is 167 Å². The molecule has 0 saturated heterocycles. The van der Waals surface area contributed by atoms with E-state index < -0.39 is 5.91 Å². The zero-order valence-corrected chi connectivity index (χ0v) is 15.3. The van der Waals surface area contributed by atoms with E-state index in [-0.39, 0.29) is 5.91 Å². The van der Waals surface area contributed by atoms with Gasteiger partial charge in [0.2, 0.25) is 11.8 Å². The quantitative estimate of drug-likeness (QED) is 0.535. The van der Waals surface area contributed by atoms with Crippen LogP contribution in [-0.2, 0) is 0 Å². The minimum absolute atomic E-state index is 0.222. The Morgan fingerprint density at radius 2 is 1.66 bits per heavy atom. The predicted molar refractivity (Wildman–Crippen MR) is 111 cm³/mol. The van der Waals surface area contributed by atoms with Gasteiger partial charge < -0.3 is 15.8 Å². The van der Waals surface area contributed by atoms with Crippen LogP contribution < -0.4 is 15.8 Å². The zero-order chi connectivity index (χ0) is 20.2. The topological polar surface area (TPSA) is 94.3 Å². The van der Waals surface area contributed by atoms with Crippen molar-refractivity contribution in [3.05, 3.63) is 96.2 Å². The van der Waals surface area contributed by atoms with E-state index in [2.05, 4.69) is 10.3 Å². The Bertz CT molecular complexity index is 1200. The number of nitrogens with one attached hydrogen (secondary N) is 1. The fraction of sp³-hybridized carbons (Fsp3) is 0. The number of amides is 2. The first-order valence-electron chi connectivity index (χ1n) is 8.92. The van der Waals surface area contributed by atoms with Gasteiger partial charge in [-0.3, -0.25) is 9.59 Å². The van der Waals surface area contributed by atoms with Crippen molar-refractivity contribution in [2.24, 2.45) is 5.73 Å². The zero-order valence-electron chi connectivity index (χ0n) is 15.3. The molecule has 1 heterocycles. The van der Waals surface area contributed by atoms with Crippen LogP contribution in [0.2, 0.25) is 0 Å². The van der Waals surface area contributed by atoms with Gasteiger partial charge in [0.1, 0.15) is 5.75 Å². The Morgan fingerprint density at radius 3 is 2.41 bits per heavy atom. The Balaban J connectivity index is 1.45. The number of carbonyl (C=O) groups excluding carboxylic acids is 2. The maximum atomic E-state index is 12.5. The lowest BCUT2D eigenvalue weighted by Crippen LogP contribution is -2.12. The van der Waals surface area contributed by atoms with Crippen LogP contribution in [0.4, 0.5) is 5.69 Å². The Kier molecular flexibility index (Phi) is 4.90. The van der Waals surface area contributed by atoms with E-state index in [0.29, 0.717) is 28.4 Å². The van der Waals surface area contributed by atoms with Crippen LogP contribution in [-0.4, -0.2) is 16.8 Å². The largest absolute Gasteiger partial charge is 0.439 e. The number of aromatic nitrogens is 1. The molecule has 0 radical (unpaired) electrons. The summed E-state index contributed by atoms with van der Waals surface area (Å²) in [5.74, 6) is 0.0209.